The second-order valence-corrected chi connectivity index (χ2v) is 4.57. The molecule has 1 aliphatic heterocycles. The summed E-state index contributed by atoms with van der Waals surface area (Å²) in [4.78, 5) is 11.3. The van der Waals surface area contributed by atoms with Crippen LogP contribution in [0, 0.1) is 0 Å². The van der Waals surface area contributed by atoms with Crippen LogP contribution in [0.4, 0.5) is 0 Å². The number of carbonyl (C=O) groups is 1. The lowest BCUT2D eigenvalue weighted by Gasteiger charge is -2.12. The van der Waals surface area contributed by atoms with E-state index >= 15 is 0 Å². The van der Waals surface area contributed by atoms with Gasteiger partial charge >= 0.3 is 5.97 Å². The zero-order valence-corrected chi connectivity index (χ0v) is 9.79. The third-order valence-electron chi connectivity index (χ3n) is 3.32. The molecule has 1 aromatic rings. The minimum Gasteiger partial charge on any atom is -0.493 e. The summed E-state index contributed by atoms with van der Waals surface area (Å²) in [7, 11) is 0. The number of esters is 1. The van der Waals surface area contributed by atoms with E-state index in [1.807, 2.05) is 13.0 Å². The monoisotopic (exact) mass is 233 g/mol. The molecule has 17 heavy (non-hydrogen) atoms. The Morgan fingerprint density at radius 2 is 2.29 bits per heavy atom. The van der Waals surface area contributed by atoms with Crippen LogP contribution in [0.2, 0.25) is 0 Å². The Morgan fingerprint density at radius 1 is 1.47 bits per heavy atom. The summed E-state index contributed by atoms with van der Waals surface area (Å²) in [6, 6.07) is 2.10. The Balaban J connectivity index is 2.14. The van der Waals surface area contributed by atoms with Gasteiger partial charge in [0.1, 0.15) is 11.5 Å². The Hall–Kier alpha value is -1.55. The average molecular weight is 233 g/mol. The van der Waals surface area contributed by atoms with Crippen LogP contribution in [0.1, 0.15) is 23.6 Å². The lowest BCUT2D eigenvalue weighted by atomic mass is 10.0. The molecule has 1 heterocycles. The number of ether oxygens (including phenoxy) is 2. The number of carbonyl (C=O) groups excluding carboxylic acids is 1. The smallest absolute Gasteiger partial charge is 0.315 e. The van der Waals surface area contributed by atoms with Gasteiger partial charge in [-0.3, -0.25) is 4.79 Å². The van der Waals surface area contributed by atoms with Gasteiger partial charge < -0.3 is 15.2 Å². The molecule has 0 radical (unpaired) electrons. The number of nitrogens with two attached hydrogens (primary N) is 1. The molecule has 0 saturated carbocycles. The maximum absolute atomic E-state index is 11.3. The van der Waals surface area contributed by atoms with Gasteiger partial charge in [-0.1, -0.05) is 0 Å². The standard InChI is InChI=1S/C13H15NO3/c1-2-16-13-9-5-8(14)3-7(9)4-11-10(13)6-12(15)17-11/h4,8H,2-3,5-6,14H2,1H3. The topological polar surface area (TPSA) is 61.5 Å². The summed E-state index contributed by atoms with van der Waals surface area (Å²) in [5.41, 5.74) is 9.19. The summed E-state index contributed by atoms with van der Waals surface area (Å²) < 4.78 is 10.9. The molecule has 0 bridgehead atoms. The highest BCUT2D eigenvalue weighted by Crippen LogP contribution is 2.42. The molecule has 0 aromatic heterocycles. The molecule has 0 spiro atoms. The van der Waals surface area contributed by atoms with Crippen LogP contribution in [0.15, 0.2) is 6.07 Å². The van der Waals surface area contributed by atoms with Gasteiger partial charge in [-0.05, 0) is 37.0 Å². The molecular formula is C13H15NO3. The summed E-state index contributed by atoms with van der Waals surface area (Å²) in [6.45, 7) is 2.53. The summed E-state index contributed by atoms with van der Waals surface area (Å²) in [5.74, 6) is 1.29. The van der Waals surface area contributed by atoms with Crippen molar-refractivity contribution in [3.8, 4) is 11.5 Å². The van der Waals surface area contributed by atoms with Gasteiger partial charge in [0.2, 0.25) is 0 Å². The molecule has 0 fully saturated rings. The quantitative estimate of drug-likeness (QED) is 0.611. The van der Waals surface area contributed by atoms with Crippen molar-refractivity contribution in [3.05, 3.63) is 22.8 Å². The molecule has 1 aliphatic carbocycles. The van der Waals surface area contributed by atoms with Gasteiger partial charge in [0, 0.05) is 11.6 Å². The minimum absolute atomic E-state index is 0.155. The van der Waals surface area contributed by atoms with Crippen LogP contribution in [-0.4, -0.2) is 18.6 Å². The SMILES string of the molecule is CCOc1c2c(cc3c1CC(=O)O3)CC(N)C2. The normalized spacial score (nSPS) is 21.1. The van der Waals surface area contributed by atoms with Crippen molar-refractivity contribution >= 4 is 5.97 Å². The van der Waals surface area contributed by atoms with Gasteiger partial charge in [0.05, 0.1) is 13.0 Å². The highest BCUT2D eigenvalue weighted by Gasteiger charge is 2.32. The number of rotatable bonds is 2. The molecule has 0 saturated heterocycles. The van der Waals surface area contributed by atoms with Gasteiger partial charge in [-0.25, -0.2) is 0 Å². The number of benzene rings is 1. The number of hydrogen-bond donors (Lipinski definition) is 1. The fourth-order valence-corrected chi connectivity index (χ4v) is 2.68. The highest BCUT2D eigenvalue weighted by molar-refractivity contribution is 5.83. The third kappa shape index (κ3) is 1.60. The van der Waals surface area contributed by atoms with E-state index in [2.05, 4.69) is 0 Å². The molecule has 3 rings (SSSR count). The number of hydrogen-bond acceptors (Lipinski definition) is 4. The second kappa shape index (κ2) is 3.74. The molecule has 4 nitrogen and oxygen atoms in total. The lowest BCUT2D eigenvalue weighted by Crippen LogP contribution is -2.19. The molecular weight excluding hydrogens is 218 g/mol. The van der Waals surface area contributed by atoms with Crippen molar-refractivity contribution in [3.63, 3.8) is 0 Å². The molecule has 90 valence electrons. The first-order chi connectivity index (χ1) is 8.19. The molecule has 1 atom stereocenters. The maximum Gasteiger partial charge on any atom is 0.315 e. The van der Waals surface area contributed by atoms with Crippen molar-refractivity contribution in [2.45, 2.75) is 32.2 Å². The van der Waals surface area contributed by atoms with Gasteiger partial charge in [0.15, 0.2) is 0 Å². The Bertz CT molecular complexity index is 496. The second-order valence-electron chi connectivity index (χ2n) is 4.57. The lowest BCUT2D eigenvalue weighted by molar-refractivity contribution is -0.131. The first-order valence-electron chi connectivity index (χ1n) is 5.95. The zero-order chi connectivity index (χ0) is 12.0. The Kier molecular flexibility index (Phi) is 2.33. The molecule has 0 amide bonds. The van der Waals surface area contributed by atoms with E-state index in [1.54, 1.807) is 0 Å². The largest absolute Gasteiger partial charge is 0.493 e. The van der Waals surface area contributed by atoms with Crippen molar-refractivity contribution in [2.75, 3.05) is 6.61 Å². The molecule has 2 N–H and O–H groups in total. The minimum atomic E-state index is -0.200. The number of fused-ring (bicyclic) bond motifs is 2. The van der Waals surface area contributed by atoms with Gasteiger partial charge in [-0.2, -0.15) is 0 Å². The van der Waals surface area contributed by atoms with E-state index in [9.17, 15) is 4.79 Å². The average Bonchev–Trinajstić information content (AvgIpc) is 2.79. The maximum atomic E-state index is 11.3. The van der Waals surface area contributed by atoms with Crippen molar-refractivity contribution in [1.82, 2.24) is 0 Å². The van der Waals surface area contributed by atoms with Gasteiger partial charge in [-0.15, -0.1) is 0 Å². The van der Waals surface area contributed by atoms with E-state index in [4.69, 9.17) is 15.2 Å². The Labute approximate surface area is 99.7 Å². The first kappa shape index (κ1) is 10.6. The fourth-order valence-electron chi connectivity index (χ4n) is 2.68. The summed E-state index contributed by atoms with van der Waals surface area (Å²) >= 11 is 0. The van der Waals surface area contributed by atoms with E-state index < -0.39 is 0 Å². The first-order valence-corrected chi connectivity index (χ1v) is 5.95. The van der Waals surface area contributed by atoms with Gasteiger partial charge in [0.25, 0.3) is 0 Å². The van der Waals surface area contributed by atoms with Crippen molar-refractivity contribution in [2.24, 2.45) is 5.73 Å². The Morgan fingerprint density at radius 3 is 3.06 bits per heavy atom. The molecule has 1 unspecified atom stereocenters. The van der Waals surface area contributed by atoms with E-state index in [-0.39, 0.29) is 12.0 Å². The van der Waals surface area contributed by atoms with E-state index in [0.717, 1.165) is 35.3 Å². The van der Waals surface area contributed by atoms with Crippen molar-refractivity contribution < 1.29 is 14.3 Å². The van der Waals surface area contributed by atoms with Crippen molar-refractivity contribution in [1.29, 1.82) is 0 Å². The molecule has 4 heteroatoms. The van der Waals surface area contributed by atoms with Crippen LogP contribution in [0.3, 0.4) is 0 Å². The van der Waals surface area contributed by atoms with E-state index in [1.165, 1.54) is 0 Å². The van der Waals surface area contributed by atoms with Crippen LogP contribution >= 0.6 is 0 Å². The molecule has 1 aromatic carbocycles. The third-order valence-corrected chi connectivity index (χ3v) is 3.32. The van der Waals surface area contributed by atoms with Crippen LogP contribution in [0.5, 0.6) is 11.5 Å². The van der Waals surface area contributed by atoms with Crippen LogP contribution in [-0.2, 0) is 24.1 Å². The predicted octanol–water partition coefficient (Wildman–Crippen LogP) is 0.973. The summed E-state index contributed by atoms with van der Waals surface area (Å²) in [6.07, 6.45) is 1.97. The fraction of sp³-hybridized carbons (Fsp3) is 0.462. The van der Waals surface area contributed by atoms with Crippen LogP contribution in [0.25, 0.3) is 0 Å². The predicted molar refractivity (Wildman–Crippen MR) is 62.3 cm³/mol. The van der Waals surface area contributed by atoms with Crippen LogP contribution < -0.4 is 15.2 Å². The highest BCUT2D eigenvalue weighted by atomic mass is 16.5. The zero-order valence-electron chi connectivity index (χ0n) is 9.79. The van der Waals surface area contributed by atoms with E-state index in [0.29, 0.717) is 18.8 Å². The summed E-state index contributed by atoms with van der Waals surface area (Å²) in [5, 5.41) is 0. The molecule has 2 aliphatic rings.